The Kier molecular flexibility index (Phi) is 10.5. The molecule has 11 nitrogen and oxygen atoms in total. The van der Waals surface area contributed by atoms with Gasteiger partial charge in [0.15, 0.2) is 25.5 Å². The summed E-state index contributed by atoms with van der Waals surface area (Å²) in [5.74, 6) is -0.476. The molecular weight excluding hydrogens is 641 g/mol. The van der Waals surface area contributed by atoms with Crippen molar-refractivity contribution in [3.05, 3.63) is 40.0 Å². The van der Waals surface area contributed by atoms with Crippen LogP contribution in [0, 0.1) is 11.8 Å². The number of ether oxygens (including phenoxy) is 2. The summed E-state index contributed by atoms with van der Waals surface area (Å²) in [7, 11) is 2.99. The molecule has 3 aliphatic rings. The van der Waals surface area contributed by atoms with E-state index in [2.05, 4.69) is 57.8 Å². The van der Waals surface area contributed by atoms with E-state index in [1.807, 2.05) is 33.0 Å². The molecule has 0 aromatic carbocycles. The lowest BCUT2D eigenvalue weighted by atomic mass is 9.58. The van der Waals surface area contributed by atoms with E-state index in [0.717, 1.165) is 31.2 Å². The second kappa shape index (κ2) is 13.8. The lowest BCUT2D eigenvalue weighted by Crippen LogP contribution is -2.65. The van der Waals surface area contributed by atoms with Crippen LogP contribution in [0.25, 0.3) is 0 Å². The Labute approximate surface area is 292 Å². The molecule has 0 bridgehead atoms. The van der Waals surface area contributed by atoms with Crippen molar-refractivity contribution in [3.8, 4) is 11.6 Å². The Balaban J connectivity index is 1.80. The van der Waals surface area contributed by atoms with E-state index in [0.29, 0.717) is 55.5 Å². The molecule has 0 unspecified atom stereocenters. The minimum Gasteiger partial charge on any atom is -0.508 e. The molecule has 0 radical (unpaired) electrons. The monoisotopic (exact) mass is 696 g/mol. The van der Waals surface area contributed by atoms with Crippen LogP contribution >= 0.6 is 0 Å². The molecule has 1 N–H and O–H groups in total. The van der Waals surface area contributed by atoms with Gasteiger partial charge < -0.3 is 28.4 Å². The van der Waals surface area contributed by atoms with Crippen molar-refractivity contribution in [2.24, 2.45) is 11.8 Å². The van der Waals surface area contributed by atoms with Crippen LogP contribution in [-0.2, 0) is 10.8 Å². The summed E-state index contributed by atoms with van der Waals surface area (Å²) in [4.78, 5) is 39.0. The summed E-state index contributed by atoms with van der Waals surface area (Å²) in [5.41, 5.74) is -0.254. The average Bonchev–Trinajstić information content (AvgIpc) is 3.45. The van der Waals surface area contributed by atoms with E-state index < -0.39 is 37.6 Å². The van der Waals surface area contributed by atoms with E-state index in [1.165, 1.54) is 0 Å². The number of aliphatic hydroxyl groups is 1. The van der Waals surface area contributed by atoms with Crippen LogP contribution < -0.4 is 14.4 Å². The van der Waals surface area contributed by atoms with E-state index >= 15 is 4.79 Å². The van der Waals surface area contributed by atoms with Gasteiger partial charge in [0.05, 0.1) is 31.0 Å². The third-order valence-corrected chi connectivity index (χ3v) is 15.6. The van der Waals surface area contributed by atoms with Crippen molar-refractivity contribution in [1.82, 2.24) is 15.0 Å². The van der Waals surface area contributed by atoms with Gasteiger partial charge >= 0.3 is 0 Å². The third kappa shape index (κ3) is 6.11. The first-order valence-electron chi connectivity index (χ1n) is 17.9. The van der Waals surface area contributed by atoms with Gasteiger partial charge in [-0.2, -0.15) is 0 Å². The molecule has 0 saturated carbocycles. The van der Waals surface area contributed by atoms with Crippen molar-refractivity contribution >= 4 is 25.7 Å². The van der Waals surface area contributed by atoms with Crippen molar-refractivity contribution in [2.75, 3.05) is 45.8 Å². The van der Waals surface area contributed by atoms with Gasteiger partial charge in [0.1, 0.15) is 22.9 Å². The molecule has 2 aromatic rings. The maximum absolute atomic E-state index is 15.3. The van der Waals surface area contributed by atoms with Gasteiger partial charge in [-0.3, -0.25) is 14.5 Å². The highest BCUT2D eigenvalue weighted by atomic mass is 28.4. The Bertz CT molecular complexity index is 1610. The smallest absolute Gasteiger partial charge is 0.265 e. The molecule has 2 heterocycles. The van der Waals surface area contributed by atoms with Crippen molar-refractivity contribution in [2.45, 2.75) is 110 Å². The Hall–Kier alpha value is -3.22. The summed E-state index contributed by atoms with van der Waals surface area (Å²) in [6.07, 6.45) is 5.90. The highest BCUT2D eigenvalue weighted by Gasteiger charge is 2.67. The number of hydrogen-bond donors (Lipinski definition) is 1. The lowest BCUT2D eigenvalue weighted by Gasteiger charge is -2.55. The van der Waals surface area contributed by atoms with Gasteiger partial charge in [-0.1, -0.05) is 54.4 Å². The second-order valence-electron chi connectivity index (χ2n) is 15.6. The quantitative estimate of drug-likeness (QED) is 0.167. The van der Waals surface area contributed by atoms with Crippen LogP contribution in [0.1, 0.15) is 112 Å². The molecule has 2 aromatic heterocycles. The maximum Gasteiger partial charge on any atom is 0.265 e. The first-order valence-corrected chi connectivity index (χ1v) is 20.9. The molecule has 0 aliphatic heterocycles. The molecule has 3 aliphatic carbocycles. The van der Waals surface area contributed by atoms with Gasteiger partial charge in [-0.15, -0.1) is 0 Å². The van der Waals surface area contributed by atoms with Crippen LogP contribution in [0.3, 0.4) is 0 Å². The van der Waals surface area contributed by atoms with Crippen molar-refractivity contribution < 1.29 is 33.1 Å². The molecule has 0 amide bonds. The number of aromatic nitrogens is 2. The molecule has 49 heavy (non-hydrogen) atoms. The second-order valence-corrected chi connectivity index (χ2v) is 20.3. The summed E-state index contributed by atoms with van der Waals surface area (Å²) in [6, 6.07) is -0.478. The normalized spacial score (nSPS) is 23.6. The van der Waals surface area contributed by atoms with Gasteiger partial charge in [-0.05, 0) is 68.5 Å². The molecule has 0 fully saturated rings. The number of nitrogens with zero attached hydrogens (tertiary/aromatic N) is 4. The highest BCUT2D eigenvalue weighted by molar-refractivity contribution is 6.74. The number of aliphatic hydroxyl groups excluding tert-OH is 1. The predicted octanol–water partition coefficient (Wildman–Crippen LogP) is 7.33. The lowest BCUT2D eigenvalue weighted by molar-refractivity contribution is -0.0510. The zero-order valence-corrected chi connectivity index (χ0v) is 32.4. The Morgan fingerprint density at radius 2 is 1.69 bits per heavy atom. The van der Waals surface area contributed by atoms with Crippen LogP contribution in [0.15, 0.2) is 22.1 Å². The fourth-order valence-corrected chi connectivity index (χ4v) is 8.79. The average molecular weight is 697 g/mol. The number of hydrogen-bond acceptors (Lipinski definition) is 11. The fraction of sp³-hybridized carbons (Fsp3) is 0.676. The number of pyridine rings is 1. The van der Waals surface area contributed by atoms with Crippen molar-refractivity contribution in [3.63, 3.8) is 0 Å². The molecular formula is C37H56N4O7Si. The summed E-state index contributed by atoms with van der Waals surface area (Å²) >= 11 is 0. The highest BCUT2D eigenvalue weighted by Crippen LogP contribution is 2.60. The molecule has 12 heteroatoms. The maximum atomic E-state index is 15.3. The van der Waals surface area contributed by atoms with Crippen LogP contribution in [0.5, 0.6) is 11.6 Å². The molecule has 5 rings (SSSR count). The number of anilines is 1. The summed E-state index contributed by atoms with van der Waals surface area (Å²) < 4.78 is 25.5. The fourth-order valence-electron chi connectivity index (χ4n) is 7.34. The third-order valence-electron chi connectivity index (χ3n) is 11.1. The summed E-state index contributed by atoms with van der Waals surface area (Å²) in [5, 5.41) is 16.8. The van der Waals surface area contributed by atoms with Gasteiger partial charge in [-0.25, -0.2) is 4.98 Å². The molecule has 270 valence electrons. The number of rotatable bonds is 13. The minimum absolute atomic E-state index is 0.105. The number of Topliss-reactive ketones (excluding diaryl/α,β-unsaturated/α-hetero) is 2. The van der Waals surface area contributed by atoms with E-state index in [4.69, 9.17) is 23.4 Å². The number of fused-ring (bicyclic) bond motifs is 4. The molecule has 0 saturated heterocycles. The van der Waals surface area contributed by atoms with Gasteiger partial charge in [0, 0.05) is 31.1 Å². The van der Waals surface area contributed by atoms with E-state index in [9.17, 15) is 9.90 Å². The SMILES string of the molecule is CCCCOc1cnc(N(C)C)c2c1C(=O)C1=C(O)[C@]3(O[Si](C)(C)C(C)(C)C)C(=O)c4c(OCCCC)noc4[C@@H](N(C)CC)[C@@H]3C[C@@H]1C2. The standard InChI is InChI=1S/C37H56N4O7Si/c1-12-15-17-45-25-21-38-34(40(7)8)23-19-22-20-24-29(41(9)14-3)31-28(35(39-47-31)46-18-16-13-2)33(44)37(24,48-49(10,11)36(4,5)6)32(43)26(22)30(42)27(23)25/h21-22,24,29,43H,12-20H2,1-11H3/t22-,24-,29-,37-/m0/s1. The number of ketones is 2. The van der Waals surface area contributed by atoms with E-state index in [-0.39, 0.29) is 33.6 Å². The number of unbranched alkanes of at least 4 members (excludes halogenated alkanes) is 2. The zero-order chi connectivity index (χ0) is 36.1. The number of carbonyl (C=O) groups excluding carboxylic acids is 2. The van der Waals surface area contributed by atoms with Crippen LogP contribution in [-0.4, -0.2) is 86.5 Å². The predicted molar refractivity (Wildman–Crippen MR) is 192 cm³/mol. The van der Waals surface area contributed by atoms with Crippen molar-refractivity contribution in [1.29, 1.82) is 0 Å². The first kappa shape index (κ1) is 37.0. The largest absolute Gasteiger partial charge is 0.508 e. The summed E-state index contributed by atoms with van der Waals surface area (Å²) in [6.45, 7) is 18.1. The van der Waals surface area contributed by atoms with Gasteiger partial charge in [0.2, 0.25) is 5.78 Å². The first-order chi connectivity index (χ1) is 23.1. The van der Waals surface area contributed by atoms with E-state index in [1.54, 1.807) is 6.20 Å². The number of carbonyl (C=O) groups is 2. The topological polar surface area (TPSA) is 127 Å². The molecule has 0 spiro atoms. The van der Waals surface area contributed by atoms with Crippen LogP contribution in [0.4, 0.5) is 5.82 Å². The van der Waals surface area contributed by atoms with Crippen LogP contribution in [0.2, 0.25) is 18.1 Å². The van der Waals surface area contributed by atoms with Gasteiger partial charge in [0.25, 0.3) is 5.88 Å². The Morgan fingerprint density at radius 3 is 2.29 bits per heavy atom. The molecule has 4 atom stereocenters. The Morgan fingerprint density at radius 1 is 1.04 bits per heavy atom. The number of allylic oxidation sites excluding steroid dienone is 1. The zero-order valence-electron chi connectivity index (χ0n) is 31.4. The minimum atomic E-state index is -2.80.